The molecule has 0 aliphatic heterocycles. The lowest BCUT2D eigenvalue weighted by atomic mass is 9.98. The van der Waals surface area contributed by atoms with Crippen molar-refractivity contribution in [3.8, 4) is 0 Å². The van der Waals surface area contributed by atoms with E-state index in [-0.39, 0.29) is 30.6 Å². The van der Waals surface area contributed by atoms with Gasteiger partial charge in [-0.15, -0.1) is 0 Å². The van der Waals surface area contributed by atoms with E-state index in [2.05, 4.69) is 21.3 Å². The summed E-state index contributed by atoms with van der Waals surface area (Å²) in [6.07, 6.45) is 0.940. The Hall–Kier alpha value is -4.25. The first-order valence-corrected chi connectivity index (χ1v) is 16.0. The zero-order valence-electron chi connectivity index (χ0n) is 27.8. The maximum Gasteiger partial charge on any atom is 0.326 e. The van der Waals surface area contributed by atoms with Gasteiger partial charge in [-0.2, -0.15) is 0 Å². The molecule has 0 fully saturated rings. The van der Waals surface area contributed by atoms with Gasteiger partial charge in [0.2, 0.25) is 23.6 Å². The maximum absolute atomic E-state index is 13.7. The van der Waals surface area contributed by atoms with Crippen molar-refractivity contribution in [3.05, 3.63) is 71.8 Å². The van der Waals surface area contributed by atoms with E-state index in [1.165, 1.54) is 0 Å². The van der Waals surface area contributed by atoms with Crippen LogP contribution in [0, 0.1) is 17.8 Å². The quantitative estimate of drug-likeness (QED) is 0.145. The standard InChI is InChI=1S/C35H51N5O6/c1-21(2)17-27(37-31(41)26(36)19-24-13-9-7-10-14-24)32(42)38-28(20-25-15-11-8-12-16-25)33(43)40-30(23(5)6)34(44)39-29(35(45)46)18-22(3)4/h7-16,21-23,26-30H,17-20,36H2,1-6H3,(H,37,41)(H,38,42)(H,39,44)(H,40,43)(H,45,46)/t26-,27-,28-,29-,30-/m0/s1. The number of amides is 4. The van der Waals surface area contributed by atoms with Crippen molar-refractivity contribution in [2.75, 3.05) is 0 Å². The van der Waals surface area contributed by atoms with Crippen molar-refractivity contribution in [2.24, 2.45) is 23.5 Å². The van der Waals surface area contributed by atoms with E-state index in [9.17, 15) is 29.1 Å². The van der Waals surface area contributed by atoms with Crippen LogP contribution in [0.25, 0.3) is 0 Å². The number of nitrogens with two attached hydrogens (primary N) is 1. The highest BCUT2D eigenvalue weighted by Gasteiger charge is 2.33. The van der Waals surface area contributed by atoms with E-state index >= 15 is 0 Å². The third-order valence-electron chi connectivity index (χ3n) is 7.46. The first-order valence-electron chi connectivity index (χ1n) is 16.0. The van der Waals surface area contributed by atoms with Gasteiger partial charge in [0.05, 0.1) is 6.04 Å². The molecule has 11 nitrogen and oxygen atoms in total. The Morgan fingerprint density at radius 3 is 1.50 bits per heavy atom. The second-order valence-corrected chi connectivity index (χ2v) is 13.0. The normalized spacial score (nSPS) is 14.6. The lowest BCUT2D eigenvalue weighted by Gasteiger charge is -2.28. The Balaban J connectivity index is 2.26. The van der Waals surface area contributed by atoms with Gasteiger partial charge in [-0.05, 0) is 48.1 Å². The molecule has 5 atom stereocenters. The fourth-order valence-electron chi connectivity index (χ4n) is 5.02. The number of nitrogens with one attached hydrogen (secondary N) is 4. The topological polar surface area (TPSA) is 180 Å². The molecule has 0 aromatic heterocycles. The Morgan fingerprint density at radius 2 is 1.02 bits per heavy atom. The third-order valence-corrected chi connectivity index (χ3v) is 7.46. The second-order valence-electron chi connectivity index (χ2n) is 13.0. The second kappa shape index (κ2) is 18.7. The van der Waals surface area contributed by atoms with E-state index < -0.39 is 59.8 Å². The van der Waals surface area contributed by atoms with Crippen LogP contribution in [-0.2, 0) is 36.8 Å². The van der Waals surface area contributed by atoms with Gasteiger partial charge in [0.1, 0.15) is 24.2 Å². The molecule has 11 heteroatoms. The van der Waals surface area contributed by atoms with Gasteiger partial charge in [-0.1, -0.05) is 102 Å². The Kier molecular flexibility index (Phi) is 15.4. The molecule has 0 heterocycles. The SMILES string of the molecule is CC(C)C[C@H](NC(=O)[C@@H](NC(=O)[C@H](Cc1ccccc1)NC(=O)[C@H](CC(C)C)NC(=O)[C@@H](N)Cc1ccccc1)C(C)C)C(=O)O. The van der Waals surface area contributed by atoms with Gasteiger partial charge >= 0.3 is 5.97 Å². The highest BCUT2D eigenvalue weighted by Crippen LogP contribution is 2.12. The molecule has 46 heavy (non-hydrogen) atoms. The summed E-state index contributed by atoms with van der Waals surface area (Å²) in [7, 11) is 0. The monoisotopic (exact) mass is 637 g/mol. The number of aliphatic carboxylic acids is 1. The van der Waals surface area contributed by atoms with Crippen molar-refractivity contribution < 1.29 is 29.1 Å². The molecule has 2 aromatic rings. The van der Waals surface area contributed by atoms with Crippen LogP contribution >= 0.6 is 0 Å². The molecule has 252 valence electrons. The van der Waals surface area contributed by atoms with Crippen LogP contribution in [0.2, 0.25) is 0 Å². The Labute approximate surface area is 272 Å². The molecular weight excluding hydrogens is 586 g/mol. The van der Waals surface area contributed by atoms with E-state index in [4.69, 9.17) is 5.73 Å². The van der Waals surface area contributed by atoms with Gasteiger partial charge < -0.3 is 32.1 Å². The number of hydrogen-bond acceptors (Lipinski definition) is 6. The summed E-state index contributed by atoms with van der Waals surface area (Å²) >= 11 is 0. The highest BCUT2D eigenvalue weighted by atomic mass is 16.4. The molecule has 2 rings (SSSR count). The number of rotatable bonds is 18. The van der Waals surface area contributed by atoms with E-state index in [1.807, 2.05) is 88.4 Å². The Morgan fingerprint density at radius 1 is 0.587 bits per heavy atom. The summed E-state index contributed by atoms with van der Waals surface area (Å²) in [4.78, 5) is 65.5. The first-order chi connectivity index (χ1) is 21.7. The first kappa shape index (κ1) is 37.9. The van der Waals surface area contributed by atoms with Gasteiger partial charge in [-0.3, -0.25) is 19.2 Å². The summed E-state index contributed by atoms with van der Waals surface area (Å²) in [6, 6.07) is 13.3. The van der Waals surface area contributed by atoms with Crippen LogP contribution in [0.5, 0.6) is 0 Å². The van der Waals surface area contributed by atoms with Gasteiger partial charge in [-0.25, -0.2) is 4.79 Å². The lowest BCUT2D eigenvalue weighted by molar-refractivity contribution is -0.143. The van der Waals surface area contributed by atoms with Crippen molar-refractivity contribution in [1.82, 2.24) is 21.3 Å². The van der Waals surface area contributed by atoms with E-state index in [1.54, 1.807) is 13.8 Å². The minimum atomic E-state index is -1.16. The summed E-state index contributed by atoms with van der Waals surface area (Å²) in [5, 5.41) is 20.5. The molecular formula is C35H51N5O6. The van der Waals surface area contributed by atoms with Crippen molar-refractivity contribution in [2.45, 2.75) is 97.4 Å². The van der Waals surface area contributed by atoms with Crippen LogP contribution in [0.15, 0.2) is 60.7 Å². The smallest absolute Gasteiger partial charge is 0.326 e. The molecule has 2 aromatic carbocycles. The number of carbonyl (C=O) groups is 5. The number of carbonyl (C=O) groups excluding carboxylic acids is 4. The highest BCUT2D eigenvalue weighted by molar-refractivity contribution is 5.95. The third kappa shape index (κ3) is 13.0. The summed E-state index contributed by atoms with van der Waals surface area (Å²) in [5.41, 5.74) is 7.84. The predicted molar refractivity (Wildman–Crippen MR) is 177 cm³/mol. The zero-order valence-corrected chi connectivity index (χ0v) is 27.8. The number of carboxylic acids is 1. The molecule has 0 unspecified atom stereocenters. The lowest BCUT2D eigenvalue weighted by Crippen LogP contribution is -2.60. The minimum absolute atomic E-state index is 0.0196. The summed E-state index contributed by atoms with van der Waals surface area (Å²) in [5.74, 6) is -3.78. The minimum Gasteiger partial charge on any atom is -0.480 e. The molecule has 0 radical (unpaired) electrons. The van der Waals surface area contributed by atoms with Crippen molar-refractivity contribution >= 4 is 29.6 Å². The molecule has 4 amide bonds. The predicted octanol–water partition coefficient (Wildman–Crippen LogP) is 2.57. The largest absolute Gasteiger partial charge is 0.480 e. The van der Waals surface area contributed by atoms with Gasteiger partial charge in [0.25, 0.3) is 0 Å². The fourth-order valence-corrected chi connectivity index (χ4v) is 5.02. The molecule has 0 saturated heterocycles. The van der Waals surface area contributed by atoms with Crippen molar-refractivity contribution in [3.63, 3.8) is 0 Å². The number of hydrogen-bond donors (Lipinski definition) is 6. The van der Waals surface area contributed by atoms with Gasteiger partial charge in [0, 0.05) is 6.42 Å². The van der Waals surface area contributed by atoms with Crippen LogP contribution in [-0.4, -0.2) is 64.9 Å². The molecule has 0 bridgehead atoms. The van der Waals surface area contributed by atoms with Crippen LogP contribution in [0.1, 0.15) is 65.5 Å². The number of benzene rings is 2. The van der Waals surface area contributed by atoms with Crippen LogP contribution in [0.4, 0.5) is 0 Å². The average molecular weight is 638 g/mol. The van der Waals surface area contributed by atoms with Crippen LogP contribution < -0.4 is 27.0 Å². The molecule has 0 aliphatic rings. The van der Waals surface area contributed by atoms with Crippen LogP contribution in [0.3, 0.4) is 0 Å². The Bertz CT molecular complexity index is 1280. The average Bonchev–Trinajstić information content (AvgIpc) is 2.98. The fraction of sp³-hybridized carbons (Fsp3) is 0.514. The molecule has 0 saturated carbocycles. The molecule has 0 spiro atoms. The summed E-state index contributed by atoms with van der Waals surface area (Å²) < 4.78 is 0. The van der Waals surface area contributed by atoms with E-state index in [0.717, 1.165) is 11.1 Å². The van der Waals surface area contributed by atoms with E-state index in [0.29, 0.717) is 12.8 Å². The zero-order chi connectivity index (χ0) is 34.4. The molecule has 0 aliphatic carbocycles. The summed E-state index contributed by atoms with van der Waals surface area (Å²) in [6.45, 7) is 11.0. The van der Waals surface area contributed by atoms with Crippen molar-refractivity contribution in [1.29, 1.82) is 0 Å². The molecule has 7 N–H and O–H groups in total. The van der Waals surface area contributed by atoms with Gasteiger partial charge in [0.15, 0.2) is 0 Å². The number of carboxylic acid groups (broad SMARTS) is 1. The maximum atomic E-state index is 13.7.